The van der Waals surface area contributed by atoms with Crippen LogP contribution in [-0.2, 0) is 17.8 Å². The average Bonchev–Trinajstić information content (AvgIpc) is 3.38. The van der Waals surface area contributed by atoms with E-state index in [0.29, 0.717) is 23.8 Å². The monoisotopic (exact) mass is 356 g/mol. The van der Waals surface area contributed by atoms with Crippen LogP contribution in [0.1, 0.15) is 62.1 Å². The molecule has 4 rings (SSSR count). The van der Waals surface area contributed by atoms with Gasteiger partial charge in [0.2, 0.25) is 5.91 Å². The highest BCUT2D eigenvalue weighted by molar-refractivity contribution is 5.78. The number of carbonyl (C=O) groups excluding carboxylic acids is 1. The molecule has 0 aromatic heterocycles. The van der Waals surface area contributed by atoms with Crippen molar-refractivity contribution in [1.82, 2.24) is 9.80 Å². The summed E-state index contributed by atoms with van der Waals surface area (Å²) in [7, 11) is 1.75. The van der Waals surface area contributed by atoms with Gasteiger partial charge in [0.15, 0.2) is 0 Å². The van der Waals surface area contributed by atoms with E-state index in [9.17, 15) is 4.79 Å². The van der Waals surface area contributed by atoms with Crippen LogP contribution in [0.3, 0.4) is 0 Å². The summed E-state index contributed by atoms with van der Waals surface area (Å²) in [6.45, 7) is 8.85. The van der Waals surface area contributed by atoms with Gasteiger partial charge in [0.1, 0.15) is 5.75 Å². The van der Waals surface area contributed by atoms with Crippen molar-refractivity contribution in [3.8, 4) is 5.75 Å². The first-order valence-corrected chi connectivity index (χ1v) is 10.2. The van der Waals surface area contributed by atoms with Gasteiger partial charge in [-0.1, -0.05) is 19.9 Å². The number of likely N-dealkylation sites (tertiary alicyclic amines) is 1. The minimum Gasteiger partial charge on any atom is -0.496 e. The first-order chi connectivity index (χ1) is 12.5. The maximum absolute atomic E-state index is 12.9. The number of carbonyl (C=O) groups is 1. The molecule has 26 heavy (non-hydrogen) atoms. The van der Waals surface area contributed by atoms with Crippen molar-refractivity contribution in [2.45, 2.75) is 58.4 Å². The van der Waals surface area contributed by atoms with Crippen molar-refractivity contribution in [2.75, 3.05) is 33.3 Å². The molecule has 0 N–H and O–H groups in total. The van der Waals surface area contributed by atoms with Crippen molar-refractivity contribution in [1.29, 1.82) is 0 Å². The summed E-state index contributed by atoms with van der Waals surface area (Å²) < 4.78 is 5.59. The lowest BCUT2D eigenvalue weighted by atomic mass is 9.88. The van der Waals surface area contributed by atoms with Gasteiger partial charge in [-0.15, -0.1) is 0 Å². The summed E-state index contributed by atoms with van der Waals surface area (Å²) in [6.07, 6.45) is 6.31. The number of hydrogen-bond donors (Lipinski definition) is 0. The molecular formula is C22H32N2O2. The second kappa shape index (κ2) is 6.88. The van der Waals surface area contributed by atoms with Gasteiger partial charge < -0.3 is 9.64 Å². The van der Waals surface area contributed by atoms with E-state index in [1.165, 1.54) is 42.4 Å². The van der Waals surface area contributed by atoms with Crippen molar-refractivity contribution in [3.63, 3.8) is 0 Å². The molecule has 2 aliphatic heterocycles. The van der Waals surface area contributed by atoms with Crippen LogP contribution in [0.2, 0.25) is 0 Å². The summed E-state index contributed by atoms with van der Waals surface area (Å²) in [6, 6.07) is 4.23. The third-order valence-electron chi connectivity index (χ3n) is 6.61. The zero-order chi connectivity index (χ0) is 18.3. The molecular weight excluding hydrogens is 324 g/mol. The molecule has 4 heteroatoms. The number of piperidine rings is 1. The Balaban J connectivity index is 1.44. The number of methoxy groups -OCH3 is 1. The predicted molar refractivity (Wildman–Crippen MR) is 104 cm³/mol. The largest absolute Gasteiger partial charge is 0.496 e. The van der Waals surface area contributed by atoms with Gasteiger partial charge in [-0.05, 0) is 67.2 Å². The Morgan fingerprint density at radius 2 is 2.04 bits per heavy atom. The Morgan fingerprint density at radius 3 is 2.73 bits per heavy atom. The average molecular weight is 357 g/mol. The quantitative estimate of drug-likeness (QED) is 0.827. The van der Waals surface area contributed by atoms with Gasteiger partial charge in [-0.25, -0.2) is 0 Å². The van der Waals surface area contributed by atoms with Gasteiger partial charge in [0, 0.05) is 25.2 Å². The fraction of sp³-hybridized carbons (Fsp3) is 0.682. The van der Waals surface area contributed by atoms with E-state index in [0.717, 1.165) is 38.3 Å². The summed E-state index contributed by atoms with van der Waals surface area (Å²) in [5.74, 6) is 1.72. The lowest BCUT2D eigenvalue weighted by Gasteiger charge is -2.36. The highest BCUT2D eigenvalue weighted by atomic mass is 16.5. The smallest absolute Gasteiger partial charge is 0.237 e. The minimum atomic E-state index is 0.301. The maximum atomic E-state index is 12.9. The number of ether oxygens (including phenoxy) is 1. The van der Waals surface area contributed by atoms with E-state index in [1.807, 2.05) is 0 Å². The van der Waals surface area contributed by atoms with Crippen LogP contribution < -0.4 is 4.74 Å². The van der Waals surface area contributed by atoms with Crippen molar-refractivity contribution >= 4 is 5.91 Å². The lowest BCUT2D eigenvalue weighted by molar-refractivity contribution is -0.133. The van der Waals surface area contributed by atoms with E-state index in [1.54, 1.807) is 7.11 Å². The Hall–Kier alpha value is -1.55. The van der Waals surface area contributed by atoms with E-state index >= 15 is 0 Å². The maximum Gasteiger partial charge on any atom is 0.237 e. The molecule has 0 bridgehead atoms. The molecule has 1 aliphatic carbocycles. The van der Waals surface area contributed by atoms with Crippen molar-refractivity contribution < 1.29 is 9.53 Å². The molecule has 0 atom stereocenters. The topological polar surface area (TPSA) is 32.8 Å². The second-order valence-electron chi connectivity index (χ2n) is 8.85. The van der Waals surface area contributed by atoms with E-state index in [2.05, 4.69) is 35.8 Å². The van der Waals surface area contributed by atoms with E-state index in [-0.39, 0.29) is 0 Å². The molecule has 2 heterocycles. The molecule has 1 aromatic rings. The van der Waals surface area contributed by atoms with Crippen LogP contribution in [-0.4, -0.2) is 49.0 Å². The molecule has 0 radical (unpaired) electrons. The number of benzene rings is 1. The number of hydrogen-bond acceptors (Lipinski definition) is 3. The molecule has 1 saturated heterocycles. The highest BCUT2D eigenvalue weighted by Gasteiger charge is 2.45. The van der Waals surface area contributed by atoms with Gasteiger partial charge in [0.05, 0.1) is 13.7 Å². The molecule has 4 nitrogen and oxygen atoms in total. The van der Waals surface area contributed by atoms with Crippen LogP contribution in [0, 0.1) is 5.41 Å². The molecule has 1 saturated carbocycles. The van der Waals surface area contributed by atoms with Crippen LogP contribution >= 0.6 is 0 Å². The first kappa shape index (κ1) is 17.8. The molecule has 1 spiro atoms. The summed E-state index contributed by atoms with van der Waals surface area (Å²) in [5, 5.41) is 0. The van der Waals surface area contributed by atoms with Crippen molar-refractivity contribution in [3.05, 3.63) is 28.8 Å². The van der Waals surface area contributed by atoms with E-state index < -0.39 is 0 Å². The van der Waals surface area contributed by atoms with Crippen LogP contribution in [0.25, 0.3) is 0 Å². The van der Waals surface area contributed by atoms with Gasteiger partial charge in [0.25, 0.3) is 0 Å². The summed E-state index contributed by atoms with van der Waals surface area (Å²) in [5.41, 5.74) is 4.60. The summed E-state index contributed by atoms with van der Waals surface area (Å²) in [4.78, 5) is 17.4. The molecule has 1 aromatic carbocycles. The molecule has 3 aliphatic rings. The van der Waals surface area contributed by atoms with Crippen LogP contribution in [0.15, 0.2) is 12.1 Å². The van der Waals surface area contributed by atoms with Gasteiger partial charge in [-0.2, -0.15) is 0 Å². The number of amides is 1. The van der Waals surface area contributed by atoms with Crippen LogP contribution in [0.4, 0.5) is 0 Å². The third-order valence-corrected chi connectivity index (χ3v) is 6.61. The molecule has 1 amide bonds. The normalized spacial score (nSPS) is 21.8. The standard InChI is InChI=1S/C22H32N2O2/c1-16(2)21-18-7-12-24(13-17(18)5-6-19(21)26-3)20(25)14-23-11-4-8-22(15-23)9-10-22/h5-6,16H,4,7-15H2,1-3H3. The zero-order valence-electron chi connectivity index (χ0n) is 16.5. The molecule has 2 fully saturated rings. The number of fused-ring (bicyclic) bond motifs is 1. The minimum absolute atomic E-state index is 0.301. The summed E-state index contributed by atoms with van der Waals surface area (Å²) >= 11 is 0. The zero-order valence-corrected chi connectivity index (χ0v) is 16.5. The Morgan fingerprint density at radius 1 is 1.23 bits per heavy atom. The SMILES string of the molecule is COc1ccc2c(c1C(C)C)CCN(C(=O)CN1CCCC3(CC3)C1)C2. The first-order valence-electron chi connectivity index (χ1n) is 10.2. The highest BCUT2D eigenvalue weighted by Crippen LogP contribution is 2.51. The third kappa shape index (κ3) is 3.36. The number of rotatable bonds is 4. The Labute approximate surface area is 157 Å². The molecule has 0 unspecified atom stereocenters. The molecule has 142 valence electrons. The Kier molecular flexibility index (Phi) is 4.72. The van der Waals surface area contributed by atoms with Gasteiger partial charge >= 0.3 is 0 Å². The predicted octanol–water partition coefficient (Wildman–Crippen LogP) is 3.58. The van der Waals surface area contributed by atoms with Gasteiger partial charge in [-0.3, -0.25) is 9.69 Å². The van der Waals surface area contributed by atoms with E-state index in [4.69, 9.17) is 4.74 Å². The van der Waals surface area contributed by atoms with Crippen LogP contribution in [0.5, 0.6) is 5.75 Å². The second-order valence-corrected chi connectivity index (χ2v) is 8.85. The van der Waals surface area contributed by atoms with Crippen molar-refractivity contribution in [2.24, 2.45) is 5.41 Å². The fourth-order valence-electron chi connectivity index (χ4n) is 5.01. The lowest BCUT2D eigenvalue weighted by Crippen LogP contribution is -2.46. The Bertz CT molecular complexity index is 694. The fourth-order valence-corrected chi connectivity index (χ4v) is 5.01. The number of nitrogens with zero attached hydrogens (tertiary/aromatic N) is 2.